The second-order valence-corrected chi connectivity index (χ2v) is 13.4. The Morgan fingerprint density at radius 3 is 2.45 bits per heavy atom. The highest BCUT2D eigenvalue weighted by atomic mass is 32.2. The zero-order chi connectivity index (χ0) is 35.1. The van der Waals surface area contributed by atoms with E-state index in [0.717, 1.165) is 59.6 Å². The van der Waals surface area contributed by atoms with E-state index in [1.165, 1.54) is 35.3 Å². The average Bonchev–Trinajstić information content (AvgIpc) is 3.55. The van der Waals surface area contributed by atoms with Gasteiger partial charge in [-0.1, -0.05) is 49.9 Å². The van der Waals surface area contributed by atoms with Crippen molar-refractivity contribution in [2.75, 3.05) is 17.8 Å². The highest BCUT2D eigenvalue weighted by Gasteiger charge is 2.31. The van der Waals surface area contributed by atoms with E-state index in [9.17, 15) is 18.0 Å². The summed E-state index contributed by atoms with van der Waals surface area (Å²) in [4.78, 5) is 24.1. The molecule has 5 rings (SSSR count). The molecule has 4 aromatic rings. The smallest absolute Gasteiger partial charge is 0.497 e. The number of rotatable bonds is 11. The van der Waals surface area contributed by atoms with Crippen molar-refractivity contribution in [2.45, 2.75) is 77.7 Å². The van der Waals surface area contributed by atoms with Gasteiger partial charge in [-0.2, -0.15) is 4.99 Å². The molecule has 2 atom stereocenters. The summed E-state index contributed by atoms with van der Waals surface area (Å²) in [7, 11) is 1.67. The van der Waals surface area contributed by atoms with Gasteiger partial charge >= 0.3 is 12.4 Å². The maximum absolute atomic E-state index is 13.1. The SMILES string of the molecule is COc1ccc(N2/C(=N/C(=O)NC(C)CCCc3ccc(-c4ncn(-c5ccc(OC(F)(F)F)cc5)n4)cc3)SCCC2C)c(C(C)C)c1. The number of thioether (sulfide) groups is 1. The first-order valence-electron chi connectivity index (χ1n) is 16.3. The average molecular weight is 695 g/mol. The molecule has 2 amide bonds. The van der Waals surface area contributed by atoms with Gasteiger partial charge in [0.2, 0.25) is 0 Å². The van der Waals surface area contributed by atoms with Gasteiger partial charge in [0.1, 0.15) is 17.8 Å². The van der Waals surface area contributed by atoms with Crippen LogP contribution in [0.2, 0.25) is 0 Å². The maximum atomic E-state index is 13.1. The van der Waals surface area contributed by atoms with Gasteiger partial charge in [-0.15, -0.1) is 18.3 Å². The van der Waals surface area contributed by atoms with Crippen LogP contribution in [0.25, 0.3) is 17.1 Å². The molecular formula is C36H41F3N6O3S. The van der Waals surface area contributed by atoms with Crippen molar-refractivity contribution in [3.63, 3.8) is 0 Å². The monoisotopic (exact) mass is 694 g/mol. The molecule has 1 N–H and O–H groups in total. The highest BCUT2D eigenvalue weighted by Crippen LogP contribution is 2.37. The molecule has 1 saturated heterocycles. The number of halogens is 3. The first kappa shape index (κ1) is 35.8. The van der Waals surface area contributed by atoms with Gasteiger partial charge in [-0.3, -0.25) is 0 Å². The molecule has 1 aliphatic rings. The van der Waals surface area contributed by atoms with Crippen LogP contribution in [-0.2, 0) is 6.42 Å². The third kappa shape index (κ3) is 9.56. The maximum Gasteiger partial charge on any atom is 0.573 e. The topological polar surface area (TPSA) is 93.9 Å². The number of hydrogen-bond acceptors (Lipinski definition) is 6. The van der Waals surface area contributed by atoms with E-state index < -0.39 is 6.36 Å². The van der Waals surface area contributed by atoms with Crippen molar-refractivity contribution in [2.24, 2.45) is 4.99 Å². The van der Waals surface area contributed by atoms with E-state index in [4.69, 9.17) is 4.74 Å². The molecule has 49 heavy (non-hydrogen) atoms. The number of alkyl halides is 3. The summed E-state index contributed by atoms with van der Waals surface area (Å²) in [5.74, 6) is 2.18. The number of ether oxygens (including phenoxy) is 2. The number of aromatic nitrogens is 3. The number of nitrogens with one attached hydrogen (secondary N) is 1. The number of nitrogens with zero attached hydrogens (tertiary/aromatic N) is 5. The Morgan fingerprint density at radius 2 is 1.78 bits per heavy atom. The third-order valence-electron chi connectivity index (χ3n) is 8.24. The number of anilines is 1. The van der Waals surface area contributed by atoms with Crippen molar-refractivity contribution >= 4 is 28.6 Å². The first-order chi connectivity index (χ1) is 23.4. The van der Waals surface area contributed by atoms with E-state index in [-0.39, 0.29) is 29.8 Å². The number of amides is 2. The Bertz CT molecular complexity index is 1740. The summed E-state index contributed by atoms with van der Waals surface area (Å²) >= 11 is 1.61. The molecule has 1 aliphatic heterocycles. The Hall–Kier alpha value is -4.52. The van der Waals surface area contributed by atoms with Crippen molar-refractivity contribution in [1.82, 2.24) is 20.1 Å². The summed E-state index contributed by atoms with van der Waals surface area (Å²) in [6.07, 6.45) is 0.259. The van der Waals surface area contributed by atoms with Gasteiger partial charge in [-0.25, -0.2) is 14.5 Å². The number of hydrogen-bond donors (Lipinski definition) is 1. The van der Waals surface area contributed by atoms with Crippen molar-refractivity contribution in [3.8, 4) is 28.6 Å². The second-order valence-electron chi connectivity index (χ2n) is 12.3. The number of carbonyl (C=O) groups is 1. The van der Waals surface area contributed by atoms with Crippen LogP contribution in [0.4, 0.5) is 23.7 Å². The summed E-state index contributed by atoms with van der Waals surface area (Å²) in [6.45, 7) is 8.47. The lowest BCUT2D eigenvalue weighted by atomic mass is 9.99. The predicted octanol–water partition coefficient (Wildman–Crippen LogP) is 8.77. The van der Waals surface area contributed by atoms with E-state index in [1.54, 1.807) is 18.9 Å². The first-order valence-corrected chi connectivity index (χ1v) is 17.2. The fourth-order valence-electron chi connectivity index (χ4n) is 5.63. The lowest BCUT2D eigenvalue weighted by molar-refractivity contribution is -0.274. The van der Waals surface area contributed by atoms with E-state index in [2.05, 4.69) is 62.9 Å². The van der Waals surface area contributed by atoms with Crippen LogP contribution in [0.3, 0.4) is 0 Å². The predicted molar refractivity (Wildman–Crippen MR) is 188 cm³/mol. The number of aliphatic imine (C=N–C) groups is 1. The number of benzene rings is 3. The Kier molecular flexibility index (Phi) is 11.5. The molecule has 2 unspecified atom stereocenters. The van der Waals surface area contributed by atoms with Gasteiger partial charge in [0, 0.05) is 29.1 Å². The quantitative estimate of drug-likeness (QED) is 0.168. The summed E-state index contributed by atoms with van der Waals surface area (Å²) in [6, 6.07) is 19.3. The summed E-state index contributed by atoms with van der Waals surface area (Å²) in [5, 5.41) is 8.23. The number of urea groups is 1. The molecule has 3 aromatic carbocycles. The standard InChI is InChI=1S/C36H41F3N6O3S/c1-23(2)31-21-30(47-5)17-18-32(31)45-25(4)19-20-49-35(45)42-34(46)41-24(3)7-6-8-26-9-11-27(12-10-26)33-40-22-44(43-33)28-13-15-29(16-14-28)48-36(37,38)39/h9-18,21-25H,6-8,19-20H2,1-5H3,(H,41,46)/b42-35-. The second kappa shape index (κ2) is 15.8. The van der Waals surface area contributed by atoms with Crippen LogP contribution < -0.4 is 19.7 Å². The van der Waals surface area contributed by atoms with Crippen LogP contribution in [-0.4, -0.2) is 57.3 Å². The van der Waals surface area contributed by atoms with Gasteiger partial charge in [0.15, 0.2) is 11.0 Å². The minimum absolute atomic E-state index is 0.0509. The fourth-order valence-corrected chi connectivity index (χ4v) is 6.84. The third-order valence-corrected chi connectivity index (χ3v) is 9.22. The van der Waals surface area contributed by atoms with Crippen molar-refractivity contribution in [1.29, 1.82) is 0 Å². The molecule has 0 radical (unpaired) electrons. The molecule has 1 fully saturated rings. The zero-order valence-corrected chi connectivity index (χ0v) is 29.0. The minimum Gasteiger partial charge on any atom is -0.497 e. The normalized spacial score (nSPS) is 16.6. The van der Waals surface area contributed by atoms with Crippen LogP contribution in [0.15, 0.2) is 78.0 Å². The molecule has 9 nitrogen and oxygen atoms in total. The van der Waals surface area contributed by atoms with Crippen LogP contribution in [0.5, 0.6) is 11.5 Å². The number of amidine groups is 1. The number of methoxy groups -OCH3 is 1. The molecule has 1 aromatic heterocycles. The lowest BCUT2D eigenvalue weighted by Crippen LogP contribution is -2.43. The van der Waals surface area contributed by atoms with E-state index >= 15 is 0 Å². The number of carbonyl (C=O) groups excluding carboxylic acids is 1. The van der Waals surface area contributed by atoms with Crippen molar-refractivity contribution < 1.29 is 27.4 Å². The Balaban J connectivity index is 1.13. The van der Waals surface area contributed by atoms with Gasteiger partial charge in [-0.05, 0) is 99.0 Å². The Labute approximate surface area is 288 Å². The van der Waals surface area contributed by atoms with E-state index in [0.29, 0.717) is 16.7 Å². The Morgan fingerprint density at radius 1 is 1.06 bits per heavy atom. The number of aryl methyl sites for hydroxylation is 1. The molecule has 2 heterocycles. The fraction of sp³-hybridized carbons (Fsp3) is 0.389. The lowest BCUT2D eigenvalue weighted by Gasteiger charge is -2.37. The van der Waals surface area contributed by atoms with Crippen LogP contribution in [0.1, 0.15) is 64.0 Å². The van der Waals surface area contributed by atoms with Crippen molar-refractivity contribution in [3.05, 3.63) is 84.2 Å². The van der Waals surface area contributed by atoms with Gasteiger partial charge < -0.3 is 19.7 Å². The molecule has 0 saturated carbocycles. The molecular weight excluding hydrogens is 653 g/mol. The van der Waals surface area contributed by atoms with Crippen LogP contribution >= 0.6 is 11.8 Å². The minimum atomic E-state index is -4.75. The van der Waals surface area contributed by atoms with Gasteiger partial charge in [0.05, 0.1) is 12.8 Å². The molecule has 260 valence electrons. The highest BCUT2D eigenvalue weighted by molar-refractivity contribution is 8.14. The van der Waals surface area contributed by atoms with Crippen LogP contribution in [0, 0.1) is 0 Å². The molecule has 0 spiro atoms. The molecule has 0 aliphatic carbocycles. The largest absolute Gasteiger partial charge is 0.573 e. The molecule has 13 heteroatoms. The summed E-state index contributed by atoms with van der Waals surface area (Å²) in [5.41, 5.74) is 4.73. The summed E-state index contributed by atoms with van der Waals surface area (Å²) < 4.78 is 48.2. The zero-order valence-electron chi connectivity index (χ0n) is 28.2. The van der Waals surface area contributed by atoms with Gasteiger partial charge in [0.25, 0.3) is 0 Å². The van der Waals surface area contributed by atoms with E-state index in [1.807, 2.05) is 37.3 Å². The molecule has 0 bridgehead atoms.